The minimum Gasteiger partial charge on any atom is -0.388 e. The van der Waals surface area contributed by atoms with E-state index in [0.717, 1.165) is 0 Å². The van der Waals surface area contributed by atoms with Crippen molar-refractivity contribution in [2.45, 2.75) is 50.8 Å². The van der Waals surface area contributed by atoms with Crippen LogP contribution < -0.4 is 0 Å². The molecule has 0 amide bonds. The molecular formula is C14H24O11P2. The van der Waals surface area contributed by atoms with Gasteiger partial charge in [0.2, 0.25) is 0 Å². The number of aliphatic hydroxyl groups is 2. The molecule has 2 fully saturated rings. The zero-order chi connectivity index (χ0) is 20.2. The molecule has 0 aliphatic carbocycles. The van der Waals surface area contributed by atoms with Crippen molar-refractivity contribution >= 4 is 15.6 Å². The van der Waals surface area contributed by atoms with Crippen LogP contribution in [0.4, 0.5) is 0 Å². The van der Waals surface area contributed by atoms with Crippen LogP contribution in [0.15, 0.2) is 0 Å². The van der Waals surface area contributed by atoms with Crippen molar-refractivity contribution in [2.75, 3.05) is 19.8 Å². The molecule has 0 spiro atoms. The molecular weight excluding hydrogens is 406 g/mol. The molecule has 13 heteroatoms. The molecule has 0 aromatic carbocycles. The number of hydrogen-bond donors (Lipinski definition) is 4. The normalized spacial score (nSPS) is 38.0. The van der Waals surface area contributed by atoms with Crippen molar-refractivity contribution in [3.8, 4) is 11.8 Å². The van der Waals surface area contributed by atoms with Gasteiger partial charge in [-0.15, -0.1) is 5.92 Å². The lowest BCUT2D eigenvalue weighted by molar-refractivity contribution is -0.00734. The lowest BCUT2D eigenvalue weighted by Gasteiger charge is -2.20. The van der Waals surface area contributed by atoms with Gasteiger partial charge in [-0.25, -0.2) is 9.13 Å². The maximum Gasteiger partial charge on any atom is 0.481 e. The van der Waals surface area contributed by atoms with Crippen molar-refractivity contribution in [2.24, 2.45) is 5.92 Å². The zero-order valence-corrected chi connectivity index (χ0v) is 16.6. The fourth-order valence-corrected chi connectivity index (χ4v) is 4.84. The van der Waals surface area contributed by atoms with E-state index in [9.17, 15) is 29.1 Å². The molecule has 27 heavy (non-hydrogen) atoms. The van der Waals surface area contributed by atoms with Crippen LogP contribution in [-0.4, -0.2) is 70.3 Å². The first-order chi connectivity index (χ1) is 12.5. The Bertz CT molecular complexity index is 659. The van der Waals surface area contributed by atoms with Crippen LogP contribution >= 0.6 is 15.6 Å². The molecule has 0 aromatic heterocycles. The monoisotopic (exact) mass is 430 g/mol. The van der Waals surface area contributed by atoms with Gasteiger partial charge in [0, 0.05) is 5.92 Å². The highest BCUT2D eigenvalue weighted by atomic mass is 31.3. The van der Waals surface area contributed by atoms with Crippen LogP contribution in [0.5, 0.6) is 0 Å². The lowest BCUT2D eigenvalue weighted by Crippen LogP contribution is -2.32. The van der Waals surface area contributed by atoms with Gasteiger partial charge in [0.25, 0.3) is 0 Å². The molecule has 4 N–H and O–H groups in total. The number of rotatable bonds is 8. The third kappa shape index (κ3) is 6.89. The Hall–Kier alpha value is -0.340. The summed E-state index contributed by atoms with van der Waals surface area (Å²) >= 11 is 0. The molecule has 2 heterocycles. The van der Waals surface area contributed by atoms with Gasteiger partial charge in [-0.1, -0.05) is 5.92 Å². The Labute approximate surface area is 156 Å². The van der Waals surface area contributed by atoms with Crippen LogP contribution in [0, 0.1) is 17.8 Å². The van der Waals surface area contributed by atoms with E-state index in [1.54, 1.807) is 6.92 Å². The van der Waals surface area contributed by atoms with Crippen LogP contribution in [0.3, 0.4) is 0 Å². The second kappa shape index (κ2) is 9.44. The van der Waals surface area contributed by atoms with Gasteiger partial charge in [0.05, 0.1) is 32.0 Å². The maximum atomic E-state index is 11.9. The van der Waals surface area contributed by atoms with E-state index in [4.69, 9.17) is 14.0 Å². The van der Waals surface area contributed by atoms with Gasteiger partial charge in [-0.3, -0.25) is 9.05 Å². The van der Waals surface area contributed by atoms with E-state index >= 15 is 0 Å². The van der Waals surface area contributed by atoms with Gasteiger partial charge in [-0.2, -0.15) is 4.31 Å². The SMILES string of the molecule is CC#CC1C[C@@H](COP(=O)(O)OP(=O)(O)OC[C@H]2OCC(O)C2O)O[C@H]1C. The fourth-order valence-electron chi connectivity index (χ4n) is 2.73. The second-order valence-electron chi connectivity index (χ2n) is 6.24. The minimum atomic E-state index is -4.98. The molecule has 2 saturated heterocycles. The van der Waals surface area contributed by atoms with Gasteiger partial charge in [0.1, 0.15) is 18.3 Å². The summed E-state index contributed by atoms with van der Waals surface area (Å²) in [5.74, 6) is 5.70. The molecule has 0 aromatic rings. The van der Waals surface area contributed by atoms with Gasteiger partial charge < -0.3 is 29.5 Å². The smallest absolute Gasteiger partial charge is 0.388 e. The van der Waals surface area contributed by atoms with Gasteiger partial charge in [-0.05, 0) is 20.3 Å². The van der Waals surface area contributed by atoms with E-state index in [1.807, 2.05) is 6.92 Å². The van der Waals surface area contributed by atoms with E-state index < -0.39 is 46.7 Å². The Morgan fingerprint density at radius 1 is 1.15 bits per heavy atom. The molecule has 0 saturated carbocycles. The molecule has 2 aliphatic rings. The minimum absolute atomic E-state index is 0.0388. The fraction of sp³-hybridized carbons (Fsp3) is 0.857. The topological polar surface area (TPSA) is 161 Å². The average Bonchev–Trinajstić information content (AvgIpc) is 3.07. The first kappa shape index (κ1) is 22.9. The zero-order valence-electron chi connectivity index (χ0n) is 14.8. The van der Waals surface area contributed by atoms with Crippen molar-refractivity contribution in [1.29, 1.82) is 0 Å². The molecule has 2 aliphatic heterocycles. The predicted octanol–water partition coefficient (Wildman–Crippen LogP) is 0.174. The molecule has 2 rings (SSSR count). The number of aliphatic hydroxyl groups excluding tert-OH is 2. The van der Waals surface area contributed by atoms with Crippen molar-refractivity contribution in [3.63, 3.8) is 0 Å². The van der Waals surface area contributed by atoms with Crippen molar-refractivity contribution in [1.82, 2.24) is 0 Å². The highest BCUT2D eigenvalue weighted by molar-refractivity contribution is 7.61. The van der Waals surface area contributed by atoms with Crippen LogP contribution in [0.1, 0.15) is 20.3 Å². The molecule has 8 atom stereocenters. The first-order valence-corrected chi connectivity index (χ1v) is 11.2. The lowest BCUT2D eigenvalue weighted by atomic mass is 10.0. The third-order valence-electron chi connectivity index (χ3n) is 4.11. The summed E-state index contributed by atoms with van der Waals surface area (Å²) < 4.78 is 47.6. The Morgan fingerprint density at radius 3 is 2.33 bits per heavy atom. The maximum absolute atomic E-state index is 11.9. The first-order valence-electron chi connectivity index (χ1n) is 8.24. The number of phosphoric acid groups is 2. The van der Waals surface area contributed by atoms with E-state index in [-0.39, 0.29) is 25.2 Å². The third-order valence-corrected chi connectivity index (χ3v) is 6.71. The van der Waals surface area contributed by atoms with Gasteiger partial charge in [0.15, 0.2) is 0 Å². The predicted molar refractivity (Wildman–Crippen MR) is 90.3 cm³/mol. The Morgan fingerprint density at radius 2 is 1.78 bits per heavy atom. The average molecular weight is 430 g/mol. The van der Waals surface area contributed by atoms with Crippen LogP contribution in [0.2, 0.25) is 0 Å². The van der Waals surface area contributed by atoms with E-state index in [1.165, 1.54) is 0 Å². The summed E-state index contributed by atoms with van der Waals surface area (Å²) in [7, 11) is -9.90. The van der Waals surface area contributed by atoms with Gasteiger partial charge >= 0.3 is 15.6 Å². The van der Waals surface area contributed by atoms with E-state index in [2.05, 4.69) is 20.7 Å². The molecule has 156 valence electrons. The summed E-state index contributed by atoms with van der Waals surface area (Å²) in [6.07, 6.45) is -3.76. The summed E-state index contributed by atoms with van der Waals surface area (Å²) in [5, 5.41) is 18.9. The van der Waals surface area contributed by atoms with Crippen molar-refractivity contribution in [3.05, 3.63) is 0 Å². The van der Waals surface area contributed by atoms with Crippen LogP contribution in [0.25, 0.3) is 0 Å². The molecule has 5 unspecified atom stereocenters. The number of phosphoric ester groups is 2. The molecule has 0 radical (unpaired) electrons. The molecule has 0 bridgehead atoms. The molecule has 11 nitrogen and oxygen atoms in total. The Balaban J connectivity index is 1.79. The second-order valence-corrected chi connectivity index (χ2v) is 9.28. The summed E-state index contributed by atoms with van der Waals surface area (Å²) in [6.45, 7) is 2.37. The number of ether oxygens (including phenoxy) is 2. The highest BCUT2D eigenvalue weighted by Crippen LogP contribution is 2.60. The summed E-state index contributed by atoms with van der Waals surface area (Å²) in [5.41, 5.74) is 0. The Kier molecular flexibility index (Phi) is 8.02. The standard InChI is InChI=1S/C14H24O11P2/c1-3-4-10-5-11(24-9(10)2)6-22-26(17,18)25-27(19,20)23-8-13-14(16)12(15)7-21-13/h9-16H,5-8H2,1-2H3,(H,17,18)(H,19,20)/t9-,10?,11-,12?,13+,14?/m0/s1. The quantitative estimate of drug-likeness (QED) is 0.307. The highest BCUT2D eigenvalue weighted by Gasteiger charge is 2.41. The number of hydrogen-bond acceptors (Lipinski definition) is 9. The van der Waals surface area contributed by atoms with E-state index in [0.29, 0.717) is 6.42 Å². The summed E-state index contributed by atoms with van der Waals surface area (Å²) in [6, 6.07) is 0. The summed E-state index contributed by atoms with van der Waals surface area (Å²) in [4.78, 5) is 19.2. The largest absolute Gasteiger partial charge is 0.481 e. The van der Waals surface area contributed by atoms with Crippen LogP contribution in [-0.2, 0) is 32.0 Å². The van der Waals surface area contributed by atoms with Crippen molar-refractivity contribution < 1.29 is 52.0 Å².